The summed E-state index contributed by atoms with van der Waals surface area (Å²) in [5, 5.41) is 15.8. The second-order valence-electron chi connectivity index (χ2n) is 8.46. The first-order valence-electron chi connectivity index (χ1n) is 11.5. The van der Waals surface area contributed by atoms with Crippen molar-refractivity contribution in [3.8, 4) is 16.9 Å². The van der Waals surface area contributed by atoms with Gasteiger partial charge in [0.25, 0.3) is 0 Å². The minimum absolute atomic E-state index is 0.0197. The summed E-state index contributed by atoms with van der Waals surface area (Å²) in [5.41, 5.74) is 15.3. The molecule has 1 atom stereocenters. The lowest BCUT2D eigenvalue weighted by Gasteiger charge is -2.21. The molecule has 0 aliphatic heterocycles. The van der Waals surface area contributed by atoms with Gasteiger partial charge in [-0.15, -0.1) is 0 Å². The molecule has 0 radical (unpaired) electrons. The molecule has 0 aromatic heterocycles. The Bertz CT molecular complexity index is 1210. The van der Waals surface area contributed by atoms with E-state index in [9.17, 15) is 14.7 Å². The molecule has 7 N–H and O–H groups in total. The third-order valence-electron chi connectivity index (χ3n) is 6.12. The number of hydrogen-bond acceptors (Lipinski definition) is 4. The molecule has 3 aromatic rings. The van der Waals surface area contributed by atoms with Crippen LogP contribution in [0.3, 0.4) is 0 Å². The summed E-state index contributed by atoms with van der Waals surface area (Å²) in [7, 11) is 0. The van der Waals surface area contributed by atoms with E-state index in [1.807, 2.05) is 48.5 Å². The van der Waals surface area contributed by atoms with Gasteiger partial charge < -0.3 is 27.2 Å². The van der Waals surface area contributed by atoms with Crippen molar-refractivity contribution in [1.82, 2.24) is 10.6 Å². The first kappa shape index (κ1) is 23.8. The summed E-state index contributed by atoms with van der Waals surface area (Å²) in [6, 6.07) is 21.6. The third-order valence-corrected chi connectivity index (χ3v) is 6.12. The molecule has 4 rings (SSSR count). The second-order valence-corrected chi connectivity index (χ2v) is 8.46. The number of hydrogen-bond donors (Lipinski definition) is 5. The zero-order valence-corrected chi connectivity index (χ0v) is 19.3. The van der Waals surface area contributed by atoms with Crippen molar-refractivity contribution in [1.29, 1.82) is 0 Å². The molecular formula is C27H29N5O3. The zero-order valence-electron chi connectivity index (χ0n) is 19.3. The molecule has 2 amide bonds. The molecule has 8 heteroatoms. The van der Waals surface area contributed by atoms with Gasteiger partial charge in [0.05, 0.1) is 5.92 Å². The highest BCUT2D eigenvalue weighted by molar-refractivity contribution is 5.98. The Morgan fingerprint density at radius 1 is 0.914 bits per heavy atom. The van der Waals surface area contributed by atoms with E-state index in [1.54, 1.807) is 24.3 Å². The van der Waals surface area contributed by atoms with E-state index in [-0.39, 0.29) is 30.1 Å². The molecule has 3 aromatic carbocycles. The van der Waals surface area contributed by atoms with Crippen LogP contribution >= 0.6 is 0 Å². The van der Waals surface area contributed by atoms with Crippen LogP contribution in [0.15, 0.2) is 77.8 Å². The van der Waals surface area contributed by atoms with Gasteiger partial charge in [0.1, 0.15) is 11.8 Å². The fourth-order valence-electron chi connectivity index (χ4n) is 4.43. The van der Waals surface area contributed by atoms with Crippen molar-refractivity contribution >= 4 is 17.8 Å². The Hall–Kier alpha value is -4.33. The van der Waals surface area contributed by atoms with Crippen LogP contribution in [0.1, 0.15) is 35.4 Å². The van der Waals surface area contributed by atoms with Gasteiger partial charge in [0.15, 0.2) is 5.96 Å². The molecule has 1 aliphatic carbocycles. The number of para-hydroxylation sites is 1. The van der Waals surface area contributed by atoms with Gasteiger partial charge in [-0.25, -0.2) is 0 Å². The molecule has 35 heavy (non-hydrogen) atoms. The molecule has 0 heterocycles. The number of aromatic hydroxyl groups is 1. The molecule has 0 spiro atoms. The predicted molar refractivity (Wildman–Crippen MR) is 136 cm³/mol. The average molecular weight is 472 g/mol. The van der Waals surface area contributed by atoms with Crippen LogP contribution in [0.5, 0.6) is 5.75 Å². The van der Waals surface area contributed by atoms with Crippen LogP contribution in [0.25, 0.3) is 11.1 Å². The van der Waals surface area contributed by atoms with Crippen molar-refractivity contribution in [2.75, 3.05) is 6.54 Å². The van der Waals surface area contributed by atoms with Gasteiger partial charge in [-0.3, -0.25) is 14.6 Å². The molecule has 180 valence electrons. The van der Waals surface area contributed by atoms with E-state index < -0.39 is 12.0 Å². The van der Waals surface area contributed by atoms with Gasteiger partial charge in [-0.2, -0.15) is 0 Å². The first-order valence-corrected chi connectivity index (χ1v) is 11.5. The van der Waals surface area contributed by atoms with Crippen LogP contribution < -0.4 is 22.1 Å². The summed E-state index contributed by atoms with van der Waals surface area (Å²) in [6.07, 6.45) is 0.857. The lowest BCUT2D eigenvalue weighted by atomic mass is 9.95. The number of fused-ring (bicyclic) bond motifs is 3. The Labute approximate surface area is 204 Å². The summed E-state index contributed by atoms with van der Waals surface area (Å²) in [6.45, 7) is 0.484. The number of guanidine groups is 1. The number of nitrogens with zero attached hydrogens (tertiary/aromatic N) is 1. The van der Waals surface area contributed by atoms with E-state index >= 15 is 0 Å². The van der Waals surface area contributed by atoms with Gasteiger partial charge >= 0.3 is 0 Å². The van der Waals surface area contributed by atoms with Gasteiger partial charge in [-0.1, -0.05) is 66.7 Å². The lowest BCUT2D eigenvalue weighted by molar-refractivity contribution is -0.129. The number of rotatable bonds is 9. The number of phenols is 1. The normalized spacial score (nSPS) is 12.8. The minimum Gasteiger partial charge on any atom is -0.508 e. The smallest absolute Gasteiger partial charge is 0.242 e. The van der Waals surface area contributed by atoms with Crippen LogP contribution in [-0.2, 0) is 16.1 Å². The summed E-state index contributed by atoms with van der Waals surface area (Å²) < 4.78 is 0. The largest absolute Gasteiger partial charge is 0.508 e. The molecule has 0 saturated heterocycles. The van der Waals surface area contributed by atoms with Crippen LogP contribution in [0.4, 0.5) is 0 Å². The highest BCUT2D eigenvalue weighted by atomic mass is 16.3. The second kappa shape index (κ2) is 10.7. The van der Waals surface area contributed by atoms with Crippen molar-refractivity contribution in [2.45, 2.75) is 31.3 Å². The number of amides is 2. The lowest BCUT2D eigenvalue weighted by Crippen LogP contribution is -2.48. The monoisotopic (exact) mass is 471 g/mol. The predicted octanol–water partition coefficient (Wildman–Crippen LogP) is 2.36. The van der Waals surface area contributed by atoms with Crippen LogP contribution in [0, 0.1) is 0 Å². The topological polar surface area (TPSA) is 143 Å². The number of nitrogens with two attached hydrogens (primary N) is 2. The number of carbonyl (C=O) groups is 2. The van der Waals surface area contributed by atoms with E-state index in [0.29, 0.717) is 24.9 Å². The Balaban J connectivity index is 1.52. The number of carbonyl (C=O) groups excluding carboxylic acids is 2. The summed E-state index contributed by atoms with van der Waals surface area (Å²) in [4.78, 5) is 30.6. The van der Waals surface area contributed by atoms with Gasteiger partial charge in [-0.05, 0) is 41.2 Å². The van der Waals surface area contributed by atoms with Crippen molar-refractivity contribution in [3.63, 3.8) is 0 Å². The molecule has 0 saturated carbocycles. The van der Waals surface area contributed by atoms with Crippen molar-refractivity contribution in [3.05, 3.63) is 89.5 Å². The fraction of sp³-hybridized carbons (Fsp3) is 0.222. The van der Waals surface area contributed by atoms with E-state index in [0.717, 1.165) is 22.3 Å². The molecule has 1 aliphatic rings. The van der Waals surface area contributed by atoms with E-state index in [1.165, 1.54) is 0 Å². The SMILES string of the molecule is NC(N)=NCCC[C@@H](NC(=O)C1c2ccccc2-c2ccccc21)C(=O)NCc1ccccc1O. The molecular weight excluding hydrogens is 442 g/mol. The number of aliphatic imine (C=N–C) groups is 1. The van der Waals surface area contributed by atoms with Crippen molar-refractivity contribution in [2.24, 2.45) is 16.5 Å². The Morgan fingerprint density at radius 2 is 1.51 bits per heavy atom. The third kappa shape index (κ3) is 5.43. The molecule has 0 unspecified atom stereocenters. The quantitative estimate of drug-likeness (QED) is 0.185. The molecule has 0 bridgehead atoms. The molecule has 0 fully saturated rings. The maximum absolute atomic E-state index is 13.6. The van der Waals surface area contributed by atoms with Crippen LogP contribution in [0.2, 0.25) is 0 Å². The fourth-order valence-corrected chi connectivity index (χ4v) is 4.43. The van der Waals surface area contributed by atoms with E-state index in [2.05, 4.69) is 15.6 Å². The molecule has 8 nitrogen and oxygen atoms in total. The maximum atomic E-state index is 13.6. The zero-order chi connectivity index (χ0) is 24.8. The summed E-state index contributed by atoms with van der Waals surface area (Å²) >= 11 is 0. The maximum Gasteiger partial charge on any atom is 0.242 e. The Morgan fingerprint density at radius 3 is 2.14 bits per heavy atom. The van der Waals surface area contributed by atoms with E-state index in [4.69, 9.17) is 11.5 Å². The number of nitrogens with one attached hydrogen (secondary N) is 2. The van der Waals surface area contributed by atoms with Crippen LogP contribution in [-0.4, -0.2) is 35.5 Å². The summed E-state index contributed by atoms with van der Waals surface area (Å²) in [5.74, 6) is -1.01. The van der Waals surface area contributed by atoms with Gasteiger partial charge in [0, 0.05) is 18.7 Å². The van der Waals surface area contributed by atoms with Gasteiger partial charge in [0.2, 0.25) is 11.8 Å². The van der Waals surface area contributed by atoms with Crippen molar-refractivity contribution < 1.29 is 14.7 Å². The highest BCUT2D eigenvalue weighted by Crippen LogP contribution is 2.44. The average Bonchev–Trinajstić information content (AvgIpc) is 3.19. The first-order chi connectivity index (χ1) is 17.0. The number of phenolic OH excluding ortho intramolecular Hbond substituents is 1. The Kier molecular flexibility index (Phi) is 7.30. The minimum atomic E-state index is -0.789. The number of benzene rings is 3. The highest BCUT2D eigenvalue weighted by Gasteiger charge is 2.35. The standard InChI is InChI=1S/C27H29N5O3/c28-27(29)30-15-7-13-22(25(34)31-16-17-8-1-6-14-23(17)33)32-26(35)24-20-11-4-2-9-18(20)19-10-3-5-12-21(19)24/h1-6,8-12,14,22,24,33H,7,13,15-16H2,(H,31,34)(H,32,35)(H4,28,29,30)/t22-/m1/s1.